The van der Waals surface area contributed by atoms with E-state index in [0.29, 0.717) is 11.3 Å². The van der Waals surface area contributed by atoms with Crippen LogP contribution in [0, 0.1) is 5.92 Å². The van der Waals surface area contributed by atoms with Crippen molar-refractivity contribution >= 4 is 38.4 Å². The maximum atomic E-state index is 13.3. The quantitative estimate of drug-likeness (QED) is 0.665. The number of rotatable bonds is 7. The predicted octanol–water partition coefficient (Wildman–Crippen LogP) is 3.46. The van der Waals surface area contributed by atoms with Crippen LogP contribution in [0.5, 0.6) is 0 Å². The van der Waals surface area contributed by atoms with Gasteiger partial charge in [-0.3, -0.25) is 9.36 Å². The summed E-state index contributed by atoms with van der Waals surface area (Å²) < 4.78 is 30.0. The SMILES string of the molecule is CC(C)(C)OC(=O)N[C@H](c1nc2cccc(Cl)c2c(=O)n1CCCS(C)(=O)=O)C1CC1. The van der Waals surface area contributed by atoms with Crippen molar-refractivity contribution in [2.45, 2.75) is 58.2 Å². The Morgan fingerprint density at radius 1 is 1.35 bits per heavy atom. The summed E-state index contributed by atoms with van der Waals surface area (Å²) in [4.78, 5) is 30.5. The molecule has 1 N–H and O–H groups in total. The van der Waals surface area contributed by atoms with E-state index in [0.717, 1.165) is 19.1 Å². The van der Waals surface area contributed by atoms with Crippen molar-refractivity contribution in [1.82, 2.24) is 14.9 Å². The Morgan fingerprint density at radius 2 is 2.03 bits per heavy atom. The Bertz CT molecular complexity index is 1150. The van der Waals surface area contributed by atoms with E-state index in [-0.39, 0.29) is 40.6 Å². The number of nitrogens with one attached hydrogen (secondary N) is 1. The van der Waals surface area contributed by atoms with Gasteiger partial charge in [0.25, 0.3) is 5.56 Å². The molecule has 0 radical (unpaired) electrons. The number of nitrogens with zero attached hydrogens (tertiary/aromatic N) is 2. The summed E-state index contributed by atoms with van der Waals surface area (Å²) in [5.41, 5.74) is -0.586. The van der Waals surface area contributed by atoms with E-state index in [1.807, 2.05) is 0 Å². The molecule has 170 valence electrons. The number of carbonyl (C=O) groups excluding carboxylic acids is 1. The second-order valence-corrected chi connectivity index (χ2v) is 11.7. The smallest absolute Gasteiger partial charge is 0.408 e. The van der Waals surface area contributed by atoms with Crippen LogP contribution in [0.4, 0.5) is 4.79 Å². The number of hydrogen-bond donors (Lipinski definition) is 1. The molecule has 0 bridgehead atoms. The Balaban J connectivity index is 2.06. The zero-order chi connectivity index (χ0) is 23.0. The van der Waals surface area contributed by atoms with Crippen LogP contribution in [-0.2, 0) is 21.1 Å². The summed E-state index contributed by atoms with van der Waals surface area (Å²) in [6.07, 6.45) is 2.57. The highest BCUT2D eigenvalue weighted by Gasteiger charge is 2.37. The summed E-state index contributed by atoms with van der Waals surface area (Å²) in [5, 5.41) is 3.43. The minimum atomic E-state index is -3.19. The number of aromatic nitrogens is 2. The number of sulfone groups is 1. The lowest BCUT2D eigenvalue weighted by Gasteiger charge is -2.25. The van der Waals surface area contributed by atoms with Crippen LogP contribution in [0.15, 0.2) is 23.0 Å². The van der Waals surface area contributed by atoms with Crippen LogP contribution in [0.25, 0.3) is 10.9 Å². The average Bonchev–Trinajstić information content (AvgIpc) is 3.44. The van der Waals surface area contributed by atoms with Crippen LogP contribution >= 0.6 is 11.6 Å². The highest BCUT2D eigenvalue weighted by Crippen LogP contribution is 2.41. The fourth-order valence-corrected chi connectivity index (χ4v) is 4.34. The highest BCUT2D eigenvalue weighted by molar-refractivity contribution is 7.90. The van der Waals surface area contributed by atoms with Crippen LogP contribution in [-0.4, -0.2) is 41.7 Å². The summed E-state index contributed by atoms with van der Waals surface area (Å²) in [6, 6.07) is 4.50. The fraction of sp³-hybridized carbons (Fsp3) is 0.571. The first kappa shape index (κ1) is 23.5. The van der Waals surface area contributed by atoms with Gasteiger partial charge in [0, 0.05) is 12.8 Å². The van der Waals surface area contributed by atoms with E-state index in [2.05, 4.69) is 10.3 Å². The van der Waals surface area contributed by atoms with Crippen LogP contribution in [0.1, 0.15) is 51.9 Å². The largest absolute Gasteiger partial charge is 0.444 e. The maximum Gasteiger partial charge on any atom is 0.408 e. The van der Waals surface area contributed by atoms with Gasteiger partial charge in [-0.25, -0.2) is 18.2 Å². The third kappa shape index (κ3) is 6.20. The van der Waals surface area contributed by atoms with Gasteiger partial charge in [0.2, 0.25) is 0 Å². The number of ether oxygens (including phenoxy) is 1. The number of benzene rings is 1. The molecule has 0 aliphatic heterocycles. The Morgan fingerprint density at radius 3 is 2.61 bits per heavy atom. The Labute approximate surface area is 186 Å². The molecule has 0 unspecified atom stereocenters. The van der Waals surface area contributed by atoms with E-state index in [1.54, 1.807) is 39.0 Å². The Kier molecular flexibility index (Phi) is 6.67. The van der Waals surface area contributed by atoms with Crippen molar-refractivity contribution in [3.63, 3.8) is 0 Å². The van der Waals surface area contributed by atoms with Gasteiger partial charge in [0.1, 0.15) is 21.3 Å². The summed E-state index contributed by atoms with van der Waals surface area (Å²) >= 11 is 6.27. The maximum absolute atomic E-state index is 13.3. The van der Waals surface area contributed by atoms with Gasteiger partial charge in [-0.2, -0.15) is 0 Å². The zero-order valence-corrected chi connectivity index (χ0v) is 19.7. The molecular weight excluding hydrogens is 442 g/mol. The molecule has 1 fully saturated rings. The zero-order valence-electron chi connectivity index (χ0n) is 18.1. The number of alkyl carbamates (subject to hydrolysis) is 1. The number of fused-ring (bicyclic) bond motifs is 1. The molecule has 0 saturated heterocycles. The van der Waals surface area contributed by atoms with Crippen LogP contribution < -0.4 is 10.9 Å². The van der Waals surface area contributed by atoms with Gasteiger partial charge in [-0.15, -0.1) is 0 Å². The average molecular weight is 470 g/mol. The molecule has 1 heterocycles. The monoisotopic (exact) mass is 469 g/mol. The molecule has 0 spiro atoms. The van der Waals surface area contributed by atoms with Crippen molar-refractivity contribution in [1.29, 1.82) is 0 Å². The van der Waals surface area contributed by atoms with Crippen molar-refractivity contribution in [2.24, 2.45) is 5.92 Å². The molecule has 3 rings (SSSR count). The topological polar surface area (TPSA) is 107 Å². The van der Waals surface area contributed by atoms with Crippen molar-refractivity contribution in [3.8, 4) is 0 Å². The van der Waals surface area contributed by atoms with Gasteiger partial charge in [0.05, 0.1) is 27.7 Å². The highest BCUT2D eigenvalue weighted by atomic mass is 35.5. The van der Waals surface area contributed by atoms with Crippen molar-refractivity contribution in [3.05, 3.63) is 39.4 Å². The van der Waals surface area contributed by atoms with Crippen molar-refractivity contribution < 1.29 is 17.9 Å². The summed E-state index contributed by atoms with van der Waals surface area (Å²) in [5.74, 6) is 0.450. The molecule has 10 heteroatoms. The number of amides is 1. The molecule has 1 amide bonds. The Hall–Kier alpha value is -2.13. The number of hydrogen-bond acceptors (Lipinski definition) is 6. The minimum Gasteiger partial charge on any atom is -0.444 e. The first-order chi connectivity index (χ1) is 14.4. The molecule has 1 aromatic carbocycles. The molecule has 2 aromatic rings. The van der Waals surface area contributed by atoms with E-state index < -0.39 is 27.6 Å². The number of halogens is 1. The van der Waals surface area contributed by atoms with Gasteiger partial charge >= 0.3 is 6.09 Å². The van der Waals surface area contributed by atoms with Crippen molar-refractivity contribution in [2.75, 3.05) is 12.0 Å². The lowest BCUT2D eigenvalue weighted by Crippen LogP contribution is -2.39. The summed E-state index contributed by atoms with van der Waals surface area (Å²) in [7, 11) is -3.19. The minimum absolute atomic E-state index is 0.0625. The molecule has 31 heavy (non-hydrogen) atoms. The lowest BCUT2D eigenvalue weighted by atomic mass is 10.1. The van der Waals surface area contributed by atoms with Crippen LogP contribution in [0.2, 0.25) is 5.02 Å². The standard InChI is InChI=1S/C21H28ClN3O5S/c1-21(2,3)30-20(27)24-17(13-9-10-13)18-23-15-8-5-7-14(22)16(15)19(26)25(18)11-6-12-31(4,28)29/h5,7-8,13,17H,6,9-12H2,1-4H3,(H,24,27)/t17-/m0/s1. The van der Waals surface area contributed by atoms with Gasteiger partial charge in [-0.05, 0) is 58.1 Å². The number of carbonyl (C=O) groups is 1. The predicted molar refractivity (Wildman–Crippen MR) is 120 cm³/mol. The molecular formula is C21H28ClN3O5S. The lowest BCUT2D eigenvalue weighted by molar-refractivity contribution is 0.0493. The van der Waals surface area contributed by atoms with E-state index in [1.165, 1.54) is 4.57 Å². The molecule has 1 aliphatic rings. The third-order valence-electron chi connectivity index (χ3n) is 4.90. The van der Waals surface area contributed by atoms with Gasteiger partial charge in [0.15, 0.2) is 0 Å². The first-order valence-corrected chi connectivity index (χ1v) is 12.7. The molecule has 1 aromatic heterocycles. The summed E-state index contributed by atoms with van der Waals surface area (Å²) in [6.45, 7) is 5.47. The molecule has 8 nitrogen and oxygen atoms in total. The first-order valence-electron chi connectivity index (χ1n) is 10.2. The molecule has 1 aliphatic carbocycles. The van der Waals surface area contributed by atoms with Crippen LogP contribution in [0.3, 0.4) is 0 Å². The second-order valence-electron chi connectivity index (χ2n) is 9.01. The fourth-order valence-electron chi connectivity index (χ4n) is 3.44. The van der Waals surface area contributed by atoms with E-state index >= 15 is 0 Å². The normalized spacial score (nSPS) is 15.6. The molecule has 1 atom stereocenters. The van der Waals surface area contributed by atoms with E-state index in [9.17, 15) is 18.0 Å². The van der Waals surface area contributed by atoms with E-state index in [4.69, 9.17) is 16.3 Å². The van der Waals surface area contributed by atoms with Gasteiger partial charge in [-0.1, -0.05) is 17.7 Å². The molecule has 1 saturated carbocycles. The third-order valence-corrected chi connectivity index (χ3v) is 6.25. The van der Waals surface area contributed by atoms with Gasteiger partial charge < -0.3 is 10.1 Å². The second kappa shape index (κ2) is 8.78.